The molecule has 12 heteroatoms. The van der Waals surface area contributed by atoms with E-state index in [0.717, 1.165) is 0 Å². The number of nitrogens with one attached hydrogen (secondary N) is 2. The molecular weight excluding hydrogens is 380 g/mol. The summed E-state index contributed by atoms with van der Waals surface area (Å²) in [4.78, 5) is 42.5. The van der Waals surface area contributed by atoms with Gasteiger partial charge in [0.15, 0.2) is 5.65 Å². The number of aromatic nitrogens is 6. The number of H-pyrrole nitrogens is 1. The molecule has 2 N–H and O–H groups in total. The van der Waals surface area contributed by atoms with E-state index in [2.05, 4.69) is 25.5 Å². The van der Waals surface area contributed by atoms with E-state index in [0.29, 0.717) is 16.7 Å². The lowest BCUT2D eigenvalue weighted by Crippen LogP contribution is -2.19. The third kappa shape index (κ3) is 3.12. The van der Waals surface area contributed by atoms with Crippen LogP contribution in [0.4, 0.5) is 11.5 Å². The fourth-order valence-electron chi connectivity index (χ4n) is 2.88. The van der Waals surface area contributed by atoms with E-state index >= 15 is 0 Å². The number of hydrogen-bond acceptors (Lipinski definition) is 7. The Labute approximate surface area is 162 Å². The van der Waals surface area contributed by atoms with Gasteiger partial charge in [0.2, 0.25) is 5.95 Å². The number of nitrogens with zero attached hydrogens (tertiary/aromatic N) is 6. The molecule has 0 aliphatic rings. The Kier molecular flexibility index (Phi) is 4.15. The molecule has 146 valence electrons. The van der Waals surface area contributed by atoms with Crippen LogP contribution in [0, 0.1) is 17.0 Å². The predicted octanol–water partition coefficient (Wildman–Crippen LogP) is 1.31. The molecule has 4 rings (SSSR count). The van der Waals surface area contributed by atoms with Crippen molar-refractivity contribution in [1.82, 2.24) is 29.5 Å². The van der Waals surface area contributed by atoms with Gasteiger partial charge in [0.05, 0.1) is 16.8 Å². The van der Waals surface area contributed by atoms with Crippen LogP contribution >= 0.6 is 0 Å². The molecule has 1 amide bonds. The zero-order chi connectivity index (χ0) is 20.7. The summed E-state index contributed by atoms with van der Waals surface area (Å²) in [6.07, 6.45) is 1.40. The Balaban J connectivity index is 1.77. The normalized spacial score (nSPS) is 11.0. The van der Waals surface area contributed by atoms with E-state index in [9.17, 15) is 19.7 Å². The Morgan fingerprint density at radius 2 is 2.07 bits per heavy atom. The number of carbonyl (C=O) groups is 1. The van der Waals surface area contributed by atoms with Crippen LogP contribution in [0.5, 0.6) is 0 Å². The van der Waals surface area contributed by atoms with Crippen LogP contribution in [0.15, 0.2) is 41.3 Å². The zero-order valence-electron chi connectivity index (χ0n) is 15.3. The SMILES string of the molecule is Cc1cc(NC(=O)c2ccccc2[N+](=O)[O-])n(-c2nc3c(cnn3C)c(=O)[nH]2)n1. The predicted molar refractivity (Wildman–Crippen MR) is 102 cm³/mol. The highest BCUT2D eigenvalue weighted by molar-refractivity contribution is 6.06. The maximum absolute atomic E-state index is 12.7. The van der Waals surface area contributed by atoms with Gasteiger partial charge in [0.25, 0.3) is 17.2 Å². The summed E-state index contributed by atoms with van der Waals surface area (Å²) in [5.74, 6) is -0.435. The number of rotatable bonds is 4. The van der Waals surface area contributed by atoms with Crippen molar-refractivity contribution in [3.8, 4) is 5.95 Å². The molecule has 12 nitrogen and oxygen atoms in total. The van der Waals surface area contributed by atoms with Crippen LogP contribution in [0.1, 0.15) is 16.1 Å². The minimum atomic E-state index is -0.692. The van der Waals surface area contributed by atoms with Gasteiger partial charge in [-0.05, 0) is 13.0 Å². The molecule has 0 radical (unpaired) electrons. The number of nitro benzene ring substituents is 1. The van der Waals surface area contributed by atoms with E-state index in [1.54, 1.807) is 20.0 Å². The zero-order valence-corrected chi connectivity index (χ0v) is 15.3. The number of fused-ring (bicyclic) bond motifs is 1. The first-order chi connectivity index (χ1) is 13.8. The lowest BCUT2D eigenvalue weighted by atomic mass is 10.1. The topological polar surface area (TPSA) is 154 Å². The number of amides is 1. The van der Waals surface area contributed by atoms with Gasteiger partial charge in [0.1, 0.15) is 16.8 Å². The maximum atomic E-state index is 12.7. The van der Waals surface area contributed by atoms with Gasteiger partial charge in [-0.1, -0.05) is 12.1 Å². The lowest BCUT2D eigenvalue weighted by Gasteiger charge is -2.08. The number of nitro groups is 1. The number of anilines is 1. The van der Waals surface area contributed by atoms with Gasteiger partial charge in [-0.25, -0.2) is 0 Å². The monoisotopic (exact) mass is 394 g/mol. The number of hydrogen-bond donors (Lipinski definition) is 2. The van der Waals surface area contributed by atoms with Crippen LogP contribution in [0.3, 0.4) is 0 Å². The Hall–Kier alpha value is -4.35. The van der Waals surface area contributed by atoms with Crippen molar-refractivity contribution in [2.45, 2.75) is 6.92 Å². The van der Waals surface area contributed by atoms with Crippen molar-refractivity contribution in [3.63, 3.8) is 0 Å². The second kappa shape index (κ2) is 6.67. The minimum absolute atomic E-state index is 0.0667. The van der Waals surface area contributed by atoms with Gasteiger partial charge in [-0.3, -0.25) is 29.4 Å². The molecule has 0 aliphatic heterocycles. The first kappa shape index (κ1) is 18.0. The molecule has 0 spiro atoms. The molecule has 0 bridgehead atoms. The molecule has 1 aromatic carbocycles. The molecule has 3 aromatic heterocycles. The minimum Gasteiger partial charge on any atom is -0.306 e. The maximum Gasteiger partial charge on any atom is 0.282 e. The van der Waals surface area contributed by atoms with Crippen LogP contribution in [-0.2, 0) is 7.05 Å². The molecule has 0 saturated carbocycles. The fraction of sp³-hybridized carbons (Fsp3) is 0.118. The molecule has 0 unspecified atom stereocenters. The summed E-state index contributed by atoms with van der Waals surface area (Å²) in [6, 6.07) is 7.15. The van der Waals surface area contributed by atoms with E-state index < -0.39 is 16.4 Å². The van der Waals surface area contributed by atoms with Crippen molar-refractivity contribution < 1.29 is 9.72 Å². The summed E-state index contributed by atoms with van der Waals surface area (Å²) in [6.45, 7) is 1.69. The summed E-state index contributed by atoms with van der Waals surface area (Å²) >= 11 is 0. The van der Waals surface area contributed by atoms with Crippen molar-refractivity contribution in [3.05, 3.63) is 68.3 Å². The molecule has 4 aromatic rings. The van der Waals surface area contributed by atoms with Crippen LogP contribution < -0.4 is 10.9 Å². The van der Waals surface area contributed by atoms with E-state index in [-0.39, 0.29) is 23.0 Å². The Morgan fingerprint density at radius 3 is 2.83 bits per heavy atom. The smallest absolute Gasteiger partial charge is 0.282 e. The first-order valence-corrected chi connectivity index (χ1v) is 8.39. The summed E-state index contributed by atoms with van der Waals surface area (Å²) in [7, 11) is 1.64. The Bertz CT molecular complexity index is 1330. The van der Waals surface area contributed by atoms with Crippen LogP contribution in [-0.4, -0.2) is 40.4 Å². The number of benzene rings is 1. The molecular formula is C17H14N8O4. The molecule has 0 aliphatic carbocycles. The average Bonchev–Trinajstić information content (AvgIpc) is 3.24. The molecule has 0 atom stereocenters. The first-order valence-electron chi connectivity index (χ1n) is 8.39. The largest absolute Gasteiger partial charge is 0.306 e. The summed E-state index contributed by atoms with van der Waals surface area (Å²) in [5, 5.41) is 22.3. The van der Waals surface area contributed by atoms with Gasteiger partial charge < -0.3 is 5.32 Å². The summed E-state index contributed by atoms with van der Waals surface area (Å²) < 4.78 is 2.69. The number of carbonyl (C=O) groups excluding carboxylic acids is 1. The third-order valence-electron chi connectivity index (χ3n) is 4.21. The van der Waals surface area contributed by atoms with Crippen molar-refractivity contribution in [2.75, 3.05) is 5.32 Å². The van der Waals surface area contributed by atoms with Gasteiger partial charge in [-0.2, -0.15) is 19.9 Å². The highest BCUT2D eigenvalue weighted by Gasteiger charge is 2.21. The molecule has 3 heterocycles. The second-order valence-corrected chi connectivity index (χ2v) is 6.21. The van der Waals surface area contributed by atoms with E-state index in [4.69, 9.17) is 0 Å². The highest BCUT2D eigenvalue weighted by atomic mass is 16.6. The van der Waals surface area contributed by atoms with E-state index in [1.165, 1.54) is 39.8 Å². The van der Waals surface area contributed by atoms with E-state index in [1.807, 2.05) is 0 Å². The molecule has 0 saturated heterocycles. The quantitative estimate of drug-likeness (QED) is 0.391. The second-order valence-electron chi connectivity index (χ2n) is 6.21. The summed E-state index contributed by atoms with van der Waals surface area (Å²) in [5.41, 5.74) is 0.0350. The number of aromatic amines is 1. The standard InChI is InChI=1S/C17H14N8O4/c1-9-7-13(19-15(26)10-5-3-4-6-12(10)25(28)29)24(22-9)17-20-14-11(16(27)21-17)8-18-23(14)2/h3-8H,1-2H3,(H,19,26)(H,20,21,27). The van der Waals surface area contributed by atoms with Crippen molar-refractivity contribution in [1.29, 1.82) is 0 Å². The number of aryl methyl sites for hydroxylation is 2. The molecule has 29 heavy (non-hydrogen) atoms. The van der Waals surface area contributed by atoms with Crippen molar-refractivity contribution >= 4 is 28.4 Å². The van der Waals surface area contributed by atoms with Gasteiger partial charge in [0, 0.05) is 19.2 Å². The van der Waals surface area contributed by atoms with Gasteiger partial charge in [-0.15, -0.1) is 0 Å². The Morgan fingerprint density at radius 1 is 1.31 bits per heavy atom. The lowest BCUT2D eigenvalue weighted by molar-refractivity contribution is -0.385. The number of para-hydroxylation sites is 1. The third-order valence-corrected chi connectivity index (χ3v) is 4.21. The highest BCUT2D eigenvalue weighted by Crippen LogP contribution is 2.21. The van der Waals surface area contributed by atoms with Crippen LogP contribution in [0.25, 0.3) is 17.0 Å². The van der Waals surface area contributed by atoms with Crippen LogP contribution in [0.2, 0.25) is 0 Å². The average molecular weight is 394 g/mol. The molecule has 0 fully saturated rings. The fourth-order valence-corrected chi connectivity index (χ4v) is 2.88. The van der Waals surface area contributed by atoms with Crippen molar-refractivity contribution in [2.24, 2.45) is 7.05 Å². The van der Waals surface area contributed by atoms with Gasteiger partial charge >= 0.3 is 0 Å².